The predicted octanol–water partition coefficient (Wildman–Crippen LogP) is 3.42. The van der Waals surface area contributed by atoms with Crippen LogP contribution >= 0.6 is 12.2 Å². The maximum Gasteiger partial charge on any atom is 0.170 e. The highest BCUT2D eigenvalue weighted by Crippen LogP contribution is 2.37. The van der Waals surface area contributed by atoms with E-state index in [2.05, 4.69) is 27.4 Å². The van der Waals surface area contributed by atoms with Crippen LogP contribution in [0.5, 0.6) is 0 Å². The van der Waals surface area contributed by atoms with Crippen molar-refractivity contribution in [3.8, 4) is 0 Å². The molecule has 4 fully saturated rings. The van der Waals surface area contributed by atoms with E-state index in [0.717, 1.165) is 35.1 Å². The van der Waals surface area contributed by atoms with E-state index in [1.54, 1.807) is 0 Å². The van der Waals surface area contributed by atoms with E-state index in [1.807, 2.05) is 30.3 Å². The van der Waals surface area contributed by atoms with Gasteiger partial charge < -0.3 is 15.5 Å². The van der Waals surface area contributed by atoms with Crippen LogP contribution in [-0.2, 0) is 0 Å². The Morgan fingerprint density at radius 3 is 2.59 bits per heavy atom. The van der Waals surface area contributed by atoms with Gasteiger partial charge in [-0.2, -0.15) is 0 Å². The maximum absolute atomic E-state index is 5.48. The van der Waals surface area contributed by atoms with E-state index in [-0.39, 0.29) is 0 Å². The number of anilines is 1. The van der Waals surface area contributed by atoms with E-state index in [1.165, 1.54) is 58.4 Å². The number of nitrogens with zero attached hydrogens (tertiary/aromatic N) is 2. The Balaban J connectivity index is 1.22. The Morgan fingerprint density at radius 1 is 1.11 bits per heavy atom. The zero-order chi connectivity index (χ0) is 18.6. The number of likely N-dealkylation sites (tertiary alicyclic amines) is 1. The number of fused-ring (bicyclic) bond motifs is 3. The molecular formula is C22H34N4S. The molecule has 4 aliphatic rings. The van der Waals surface area contributed by atoms with Crippen LogP contribution in [-0.4, -0.2) is 60.2 Å². The van der Waals surface area contributed by atoms with Gasteiger partial charge in [-0.3, -0.25) is 4.90 Å². The minimum atomic E-state index is 0.636. The van der Waals surface area contributed by atoms with Crippen molar-refractivity contribution in [1.82, 2.24) is 15.1 Å². The summed E-state index contributed by atoms with van der Waals surface area (Å²) in [6.45, 7) is 9.86. The second-order valence-electron chi connectivity index (χ2n) is 8.88. The van der Waals surface area contributed by atoms with Gasteiger partial charge in [0.05, 0.1) is 0 Å². The van der Waals surface area contributed by atoms with Crippen LogP contribution in [0.25, 0.3) is 0 Å². The molecule has 0 aliphatic carbocycles. The molecule has 4 atom stereocenters. The van der Waals surface area contributed by atoms with Crippen LogP contribution in [0.1, 0.15) is 32.6 Å². The molecule has 0 amide bonds. The first kappa shape index (κ1) is 19.2. The summed E-state index contributed by atoms with van der Waals surface area (Å²) in [5.74, 6) is 2.70. The Morgan fingerprint density at radius 2 is 1.89 bits per heavy atom. The molecule has 2 bridgehead atoms. The molecular weight excluding hydrogens is 352 g/mol. The third kappa shape index (κ3) is 5.01. The summed E-state index contributed by atoms with van der Waals surface area (Å²) in [5.41, 5.74) is 1.05. The zero-order valence-corrected chi connectivity index (χ0v) is 17.4. The highest BCUT2D eigenvalue weighted by Gasteiger charge is 2.40. The third-order valence-electron chi connectivity index (χ3n) is 6.91. The fourth-order valence-electron chi connectivity index (χ4n) is 5.15. The topological polar surface area (TPSA) is 30.5 Å². The highest BCUT2D eigenvalue weighted by molar-refractivity contribution is 7.80. The summed E-state index contributed by atoms with van der Waals surface area (Å²) in [7, 11) is 0. The van der Waals surface area contributed by atoms with Gasteiger partial charge in [-0.05, 0) is 87.4 Å². The van der Waals surface area contributed by atoms with E-state index < -0.39 is 0 Å². The highest BCUT2D eigenvalue weighted by atomic mass is 32.1. The fourth-order valence-corrected chi connectivity index (χ4v) is 5.35. The molecule has 5 heteroatoms. The zero-order valence-electron chi connectivity index (χ0n) is 16.6. The molecule has 4 nitrogen and oxygen atoms in total. The Bertz CT molecular complexity index is 614. The lowest BCUT2D eigenvalue weighted by Crippen LogP contribution is -2.58. The Labute approximate surface area is 169 Å². The van der Waals surface area contributed by atoms with E-state index in [0.29, 0.717) is 6.04 Å². The van der Waals surface area contributed by atoms with Gasteiger partial charge in [-0.15, -0.1) is 0 Å². The molecule has 27 heavy (non-hydrogen) atoms. The van der Waals surface area contributed by atoms with Gasteiger partial charge in [0.15, 0.2) is 5.11 Å². The molecule has 4 heterocycles. The minimum Gasteiger partial charge on any atom is -0.361 e. The van der Waals surface area contributed by atoms with Gasteiger partial charge in [0.2, 0.25) is 0 Å². The number of rotatable bonds is 5. The lowest BCUT2D eigenvalue weighted by Gasteiger charge is -2.51. The monoisotopic (exact) mass is 386 g/mol. The van der Waals surface area contributed by atoms with Crippen LogP contribution in [0, 0.1) is 17.8 Å². The van der Waals surface area contributed by atoms with Crippen molar-refractivity contribution in [2.75, 3.05) is 44.6 Å². The number of hydrogen-bond donors (Lipinski definition) is 2. The van der Waals surface area contributed by atoms with Crippen molar-refractivity contribution in [1.29, 1.82) is 0 Å². The number of piperidine rings is 4. The molecule has 4 unspecified atom stereocenters. The van der Waals surface area contributed by atoms with Gasteiger partial charge in [0.1, 0.15) is 0 Å². The average Bonchev–Trinajstić information content (AvgIpc) is 2.70. The van der Waals surface area contributed by atoms with Gasteiger partial charge in [0.25, 0.3) is 0 Å². The average molecular weight is 387 g/mol. The third-order valence-corrected chi connectivity index (χ3v) is 7.16. The number of benzene rings is 1. The summed E-state index contributed by atoms with van der Waals surface area (Å²) in [6, 6.07) is 10.8. The van der Waals surface area contributed by atoms with Crippen molar-refractivity contribution in [3.05, 3.63) is 30.3 Å². The van der Waals surface area contributed by atoms with Crippen LogP contribution in [0.4, 0.5) is 5.69 Å². The summed E-state index contributed by atoms with van der Waals surface area (Å²) in [5, 5.41) is 7.48. The van der Waals surface area contributed by atoms with Crippen molar-refractivity contribution >= 4 is 23.0 Å². The Kier molecular flexibility index (Phi) is 6.31. The number of para-hydroxylation sites is 1. The first-order valence-corrected chi connectivity index (χ1v) is 11.1. The standard InChI is InChI=1S/C22H34N4S/c1-17-7-10-25(11-8-17)15-19-16-26-12-9-18(19)13-21(26)14-23-22(27)24-20-5-3-2-4-6-20/h2-6,17-19,21H,7-16H2,1H3,(H2,23,24,27). The van der Waals surface area contributed by atoms with Crippen molar-refractivity contribution in [2.45, 2.75) is 38.6 Å². The van der Waals surface area contributed by atoms with Crippen molar-refractivity contribution < 1.29 is 0 Å². The molecule has 4 saturated heterocycles. The lowest BCUT2D eigenvalue weighted by molar-refractivity contribution is -0.0138. The molecule has 0 radical (unpaired) electrons. The second-order valence-corrected chi connectivity index (χ2v) is 9.29. The van der Waals surface area contributed by atoms with Gasteiger partial charge in [-0.1, -0.05) is 25.1 Å². The molecule has 1 aromatic carbocycles. The number of thiocarbonyl (C=S) groups is 1. The van der Waals surface area contributed by atoms with Gasteiger partial charge in [0, 0.05) is 31.4 Å². The fraction of sp³-hybridized carbons (Fsp3) is 0.682. The maximum atomic E-state index is 5.48. The first-order valence-electron chi connectivity index (χ1n) is 10.7. The summed E-state index contributed by atoms with van der Waals surface area (Å²) in [4.78, 5) is 5.45. The van der Waals surface area contributed by atoms with Crippen molar-refractivity contribution in [3.63, 3.8) is 0 Å². The van der Waals surface area contributed by atoms with Crippen LogP contribution < -0.4 is 10.6 Å². The number of hydrogen-bond acceptors (Lipinski definition) is 3. The summed E-state index contributed by atoms with van der Waals surface area (Å²) in [6.07, 6.45) is 5.49. The Hall–Kier alpha value is -1.17. The van der Waals surface area contributed by atoms with Crippen LogP contribution in [0.15, 0.2) is 30.3 Å². The van der Waals surface area contributed by atoms with Crippen LogP contribution in [0.3, 0.4) is 0 Å². The molecule has 0 saturated carbocycles. The molecule has 5 rings (SSSR count). The quantitative estimate of drug-likeness (QED) is 0.757. The van der Waals surface area contributed by atoms with Gasteiger partial charge >= 0.3 is 0 Å². The summed E-state index contributed by atoms with van der Waals surface area (Å²) >= 11 is 5.48. The molecule has 2 N–H and O–H groups in total. The number of nitrogens with one attached hydrogen (secondary N) is 2. The smallest absolute Gasteiger partial charge is 0.170 e. The van der Waals surface area contributed by atoms with E-state index >= 15 is 0 Å². The van der Waals surface area contributed by atoms with Gasteiger partial charge in [-0.25, -0.2) is 0 Å². The van der Waals surface area contributed by atoms with Crippen LogP contribution in [0.2, 0.25) is 0 Å². The lowest BCUT2D eigenvalue weighted by atomic mass is 9.75. The van der Waals surface area contributed by atoms with E-state index in [9.17, 15) is 0 Å². The normalized spacial score (nSPS) is 31.6. The second kappa shape index (κ2) is 8.89. The molecule has 0 spiro atoms. The summed E-state index contributed by atoms with van der Waals surface area (Å²) < 4.78 is 0. The minimum absolute atomic E-state index is 0.636. The van der Waals surface area contributed by atoms with Crippen molar-refractivity contribution in [2.24, 2.45) is 17.8 Å². The first-order chi connectivity index (χ1) is 13.2. The molecule has 0 aromatic heterocycles. The SMILES string of the molecule is CC1CCN(CC2CN3CCC2CC3CNC(=S)Nc2ccccc2)CC1. The molecule has 1 aromatic rings. The predicted molar refractivity (Wildman–Crippen MR) is 117 cm³/mol. The molecule has 4 aliphatic heterocycles. The largest absolute Gasteiger partial charge is 0.361 e. The van der Waals surface area contributed by atoms with E-state index in [4.69, 9.17) is 12.2 Å². The molecule has 148 valence electrons.